The van der Waals surface area contributed by atoms with Gasteiger partial charge in [-0.05, 0) is 24.3 Å². The van der Waals surface area contributed by atoms with Crippen LogP contribution >= 0.6 is 0 Å². The Morgan fingerprint density at radius 2 is 1.17 bits per heavy atom. The van der Waals surface area contributed by atoms with Crippen LogP contribution in [-0.4, -0.2) is 35.7 Å². The van der Waals surface area contributed by atoms with Crippen molar-refractivity contribution in [3.8, 4) is 11.5 Å². The quantitative estimate of drug-likeness (QED) is 0.423. The van der Waals surface area contributed by atoms with Crippen LogP contribution in [0.15, 0.2) is 46.4 Å². The second-order valence-electron chi connectivity index (χ2n) is 4.43. The first kappa shape index (κ1) is 22.0. The number of aromatic hydroxyl groups is 2. The Hall–Kier alpha value is -1.95. The molecule has 127 valence electrons. The summed E-state index contributed by atoms with van der Waals surface area (Å²) in [6.45, 7) is 0.616. The summed E-state index contributed by atoms with van der Waals surface area (Å²) in [5, 5.41) is 18.9. The average molecular weight is 395 g/mol. The summed E-state index contributed by atoms with van der Waals surface area (Å²) in [6.07, 6.45) is 2.71. The third-order valence-electron chi connectivity index (χ3n) is 2.85. The van der Waals surface area contributed by atoms with Crippen molar-refractivity contribution >= 4 is 12.4 Å². The first-order valence-electron chi connectivity index (χ1n) is 6.54. The van der Waals surface area contributed by atoms with E-state index in [0.29, 0.717) is 13.1 Å². The normalized spacial score (nSPS) is 10.6. The summed E-state index contributed by atoms with van der Waals surface area (Å²) in [5.41, 5.74) is 0.568. The Morgan fingerprint density at radius 3 is 1.54 bits per heavy atom. The molecule has 2 aromatic rings. The first-order chi connectivity index (χ1) is 10.6. The molecule has 2 aromatic carbocycles. The monoisotopic (exact) mass is 394 g/mol. The van der Waals surface area contributed by atoms with Crippen LogP contribution in [0.5, 0.6) is 11.5 Å². The maximum Gasteiger partial charge on any atom is 2.00 e. The molecular weight excluding hydrogens is 381 g/mol. The molecule has 0 amide bonds. The van der Waals surface area contributed by atoms with E-state index in [1.165, 1.54) is 36.7 Å². The zero-order chi connectivity index (χ0) is 15.9. The van der Waals surface area contributed by atoms with Crippen molar-refractivity contribution in [2.75, 3.05) is 13.1 Å². The van der Waals surface area contributed by atoms with Gasteiger partial charge >= 0.3 is 17.1 Å². The van der Waals surface area contributed by atoms with E-state index in [0.717, 1.165) is 12.1 Å². The molecule has 0 aliphatic carbocycles. The number of halogens is 3. The molecule has 0 fully saturated rings. The standard InChI is InChI=1S/C16H14F2N2O2.ClH.Mn/c17-13-5-1-3-11(15(13)21)9-19-7-8-20-10-12-4-2-6-14(18)16(12)22;;/h1-6,9-10,21-22H,7-8H2;1H;/q;;+2/p-1. The van der Waals surface area contributed by atoms with E-state index in [1.807, 2.05) is 0 Å². The Morgan fingerprint density at radius 1 is 0.792 bits per heavy atom. The van der Waals surface area contributed by atoms with E-state index in [9.17, 15) is 19.0 Å². The van der Waals surface area contributed by atoms with Crippen molar-refractivity contribution in [2.24, 2.45) is 9.98 Å². The number of nitrogens with zero attached hydrogens (tertiary/aromatic N) is 2. The van der Waals surface area contributed by atoms with Crippen LogP contribution in [0.25, 0.3) is 0 Å². The summed E-state index contributed by atoms with van der Waals surface area (Å²) >= 11 is 0. The maximum atomic E-state index is 13.1. The van der Waals surface area contributed by atoms with Gasteiger partial charge in [0.15, 0.2) is 23.1 Å². The van der Waals surface area contributed by atoms with Crippen LogP contribution < -0.4 is 12.4 Å². The van der Waals surface area contributed by atoms with Gasteiger partial charge in [-0.15, -0.1) is 0 Å². The summed E-state index contributed by atoms with van der Waals surface area (Å²) in [5.74, 6) is -2.30. The predicted octanol–water partition coefficient (Wildman–Crippen LogP) is -0.0845. The van der Waals surface area contributed by atoms with Gasteiger partial charge in [-0.3, -0.25) is 9.98 Å². The number of phenols is 2. The molecule has 1 radical (unpaired) electrons. The van der Waals surface area contributed by atoms with Crippen molar-refractivity contribution in [3.63, 3.8) is 0 Å². The Bertz CT molecular complexity index is 666. The van der Waals surface area contributed by atoms with E-state index in [2.05, 4.69) is 9.98 Å². The zero-order valence-corrected chi connectivity index (χ0v) is 14.3. The van der Waals surface area contributed by atoms with Crippen LogP contribution in [0.3, 0.4) is 0 Å². The molecule has 0 aliphatic rings. The third kappa shape index (κ3) is 5.92. The SMILES string of the molecule is Oc1c(F)cccc1C=NCCN=Cc1cccc(F)c1O.[Cl-].[Mn+2]. The average Bonchev–Trinajstić information content (AvgIpc) is 2.51. The topological polar surface area (TPSA) is 65.2 Å². The fourth-order valence-electron chi connectivity index (χ4n) is 1.71. The van der Waals surface area contributed by atoms with Crippen LogP contribution in [-0.2, 0) is 17.1 Å². The van der Waals surface area contributed by atoms with Crippen LogP contribution in [0.2, 0.25) is 0 Å². The summed E-state index contributed by atoms with van der Waals surface area (Å²) in [7, 11) is 0. The molecular formula is C16H14ClF2MnN2O2+. The molecule has 0 aromatic heterocycles. The Balaban J connectivity index is 0.00000264. The predicted molar refractivity (Wildman–Crippen MR) is 81.1 cm³/mol. The molecule has 0 aliphatic heterocycles. The van der Waals surface area contributed by atoms with Crippen LogP contribution in [0, 0.1) is 11.6 Å². The third-order valence-corrected chi connectivity index (χ3v) is 2.85. The largest absolute Gasteiger partial charge is 2.00 e. The minimum Gasteiger partial charge on any atom is -1.00 e. The second-order valence-corrected chi connectivity index (χ2v) is 4.43. The summed E-state index contributed by atoms with van der Waals surface area (Å²) < 4.78 is 26.2. The van der Waals surface area contributed by atoms with Crippen molar-refractivity contribution in [1.82, 2.24) is 0 Å². The molecule has 0 unspecified atom stereocenters. The summed E-state index contributed by atoms with van der Waals surface area (Å²) in [4.78, 5) is 8.03. The Kier molecular flexibility index (Phi) is 9.88. The number of aliphatic imine (C=N–C) groups is 2. The van der Waals surface area contributed by atoms with Gasteiger partial charge in [-0.25, -0.2) is 8.78 Å². The molecule has 0 saturated carbocycles. The van der Waals surface area contributed by atoms with E-state index in [4.69, 9.17) is 0 Å². The van der Waals surface area contributed by atoms with Crippen molar-refractivity contribution < 1.29 is 48.5 Å². The van der Waals surface area contributed by atoms with Gasteiger partial charge in [0.2, 0.25) is 0 Å². The minimum absolute atomic E-state index is 0. The van der Waals surface area contributed by atoms with Gasteiger partial charge in [0.1, 0.15) is 0 Å². The van der Waals surface area contributed by atoms with E-state index in [-0.39, 0.29) is 40.6 Å². The second kappa shape index (κ2) is 10.8. The molecule has 2 N–H and O–H groups in total. The van der Waals surface area contributed by atoms with Crippen molar-refractivity contribution in [2.45, 2.75) is 0 Å². The summed E-state index contributed by atoms with van der Waals surface area (Å²) in [6, 6.07) is 8.33. The maximum absolute atomic E-state index is 13.1. The van der Waals surface area contributed by atoms with Gasteiger partial charge < -0.3 is 22.6 Å². The van der Waals surface area contributed by atoms with Crippen LogP contribution in [0.1, 0.15) is 11.1 Å². The van der Waals surface area contributed by atoms with Gasteiger partial charge in [0.25, 0.3) is 0 Å². The van der Waals surface area contributed by atoms with Gasteiger partial charge in [-0.2, -0.15) is 0 Å². The number of hydrogen-bond acceptors (Lipinski definition) is 4. The molecule has 0 spiro atoms. The molecule has 4 nitrogen and oxygen atoms in total. The van der Waals surface area contributed by atoms with Crippen molar-refractivity contribution in [1.29, 1.82) is 0 Å². The Labute approximate surface area is 154 Å². The number of phenolic OH excluding ortho intramolecular Hbond substituents is 2. The van der Waals surface area contributed by atoms with Crippen molar-refractivity contribution in [3.05, 3.63) is 59.2 Å². The number of hydrogen-bond donors (Lipinski definition) is 2. The molecule has 24 heavy (non-hydrogen) atoms. The van der Waals surface area contributed by atoms with Crippen LogP contribution in [0.4, 0.5) is 8.78 Å². The molecule has 0 bridgehead atoms. The fourth-order valence-corrected chi connectivity index (χ4v) is 1.71. The molecule has 8 heteroatoms. The fraction of sp³-hybridized carbons (Fsp3) is 0.125. The van der Waals surface area contributed by atoms with Gasteiger partial charge in [-0.1, -0.05) is 12.1 Å². The van der Waals surface area contributed by atoms with E-state index in [1.54, 1.807) is 0 Å². The van der Waals surface area contributed by atoms with Gasteiger partial charge in [0, 0.05) is 23.6 Å². The molecule has 0 heterocycles. The van der Waals surface area contributed by atoms with E-state index < -0.39 is 23.1 Å². The number of para-hydroxylation sites is 2. The number of rotatable bonds is 5. The molecule has 2 rings (SSSR count). The minimum atomic E-state index is -0.705. The first-order valence-corrected chi connectivity index (χ1v) is 6.54. The smallest absolute Gasteiger partial charge is 1.00 e. The zero-order valence-electron chi connectivity index (χ0n) is 12.3. The molecule has 0 saturated heterocycles. The van der Waals surface area contributed by atoms with Gasteiger partial charge in [0.05, 0.1) is 13.1 Å². The van der Waals surface area contributed by atoms with E-state index >= 15 is 0 Å². The molecule has 0 atom stereocenters. The number of benzene rings is 2.